The fourth-order valence-corrected chi connectivity index (χ4v) is 3.65. The number of benzene rings is 3. The van der Waals surface area contributed by atoms with Crippen LogP contribution >= 0.6 is 0 Å². The lowest BCUT2D eigenvalue weighted by Crippen LogP contribution is -2.08. The molecule has 0 unspecified atom stereocenters. The Morgan fingerprint density at radius 1 is 0.741 bits per heavy atom. The summed E-state index contributed by atoms with van der Waals surface area (Å²) in [5.41, 5.74) is 0. The van der Waals surface area contributed by atoms with Crippen LogP contribution in [0.15, 0.2) is 54.6 Å². The average molecular weight is 363 g/mol. The summed E-state index contributed by atoms with van der Waals surface area (Å²) in [4.78, 5) is 12.5. The van der Waals surface area contributed by atoms with Gasteiger partial charge in [0, 0.05) is 17.2 Å². The minimum Gasteiger partial charge on any atom is -0.425 e. The summed E-state index contributed by atoms with van der Waals surface area (Å²) in [6.07, 6.45) is 10.3. The molecule has 0 amide bonds. The van der Waals surface area contributed by atoms with Gasteiger partial charge in [0.05, 0.1) is 0 Å². The van der Waals surface area contributed by atoms with Crippen LogP contribution in [-0.4, -0.2) is 5.97 Å². The Labute approximate surface area is 162 Å². The van der Waals surface area contributed by atoms with E-state index in [-0.39, 0.29) is 5.97 Å². The number of ether oxygens (including phenoxy) is 1. The van der Waals surface area contributed by atoms with E-state index in [0.29, 0.717) is 12.2 Å². The average Bonchev–Trinajstić information content (AvgIpc) is 2.70. The zero-order valence-electron chi connectivity index (χ0n) is 16.4. The van der Waals surface area contributed by atoms with Crippen molar-refractivity contribution in [3.63, 3.8) is 0 Å². The molecule has 2 heteroatoms. The zero-order valence-corrected chi connectivity index (χ0v) is 16.4. The maximum Gasteiger partial charge on any atom is 0.311 e. The maximum atomic E-state index is 12.5. The molecule has 0 aliphatic rings. The van der Waals surface area contributed by atoms with E-state index < -0.39 is 0 Å². The predicted molar refractivity (Wildman–Crippen MR) is 114 cm³/mol. The molecule has 0 radical (unpaired) electrons. The Bertz CT molecular complexity index is 828. The third-order valence-corrected chi connectivity index (χ3v) is 5.17. The first-order valence-electron chi connectivity index (χ1n) is 10.4. The maximum absolute atomic E-state index is 12.5. The lowest BCUT2D eigenvalue weighted by atomic mass is 10.0. The van der Waals surface area contributed by atoms with Gasteiger partial charge in [-0.3, -0.25) is 4.79 Å². The van der Waals surface area contributed by atoms with E-state index in [1.807, 2.05) is 36.4 Å². The van der Waals surface area contributed by atoms with Gasteiger partial charge in [-0.1, -0.05) is 100 Å². The number of rotatable bonds is 10. The van der Waals surface area contributed by atoms with Crippen molar-refractivity contribution in [3.8, 4) is 5.75 Å². The van der Waals surface area contributed by atoms with Crippen molar-refractivity contribution in [2.75, 3.05) is 0 Å². The summed E-state index contributed by atoms with van der Waals surface area (Å²) >= 11 is 0. The van der Waals surface area contributed by atoms with Crippen molar-refractivity contribution < 1.29 is 9.53 Å². The highest BCUT2D eigenvalue weighted by Crippen LogP contribution is 2.35. The van der Waals surface area contributed by atoms with Gasteiger partial charge in [-0.15, -0.1) is 0 Å². The molecule has 2 nitrogen and oxygen atoms in total. The summed E-state index contributed by atoms with van der Waals surface area (Å²) in [5.74, 6) is 0.579. The van der Waals surface area contributed by atoms with Crippen molar-refractivity contribution in [1.82, 2.24) is 0 Å². The topological polar surface area (TPSA) is 26.3 Å². The second-order valence-electron chi connectivity index (χ2n) is 7.35. The molecule has 0 saturated heterocycles. The van der Waals surface area contributed by atoms with Gasteiger partial charge >= 0.3 is 5.97 Å². The van der Waals surface area contributed by atoms with Gasteiger partial charge < -0.3 is 4.74 Å². The minimum atomic E-state index is -0.123. The molecule has 0 aromatic heterocycles. The number of carbonyl (C=O) groups excluding carboxylic acids is 1. The van der Waals surface area contributed by atoms with Crippen molar-refractivity contribution in [2.45, 2.75) is 64.7 Å². The Hall–Kier alpha value is -2.35. The Morgan fingerprint density at radius 3 is 1.85 bits per heavy atom. The van der Waals surface area contributed by atoms with Gasteiger partial charge in [-0.25, -0.2) is 0 Å². The van der Waals surface area contributed by atoms with Crippen LogP contribution in [0.3, 0.4) is 0 Å². The zero-order chi connectivity index (χ0) is 18.9. The Kier molecular flexibility index (Phi) is 7.27. The number of hydrogen-bond donors (Lipinski definition) is 0. The molecule has 0 fully saturated rings. The van der Waals surface area contributed by atoms with Crippen LogP contribution in [0.5, 0.6) is 5.75 Å². The van der Waals surface area contributed by atoms with Crippen molar-refractivity contribution in [3.05, 3.63) is 54.6 Å². The molecule has 27 heavy (non-hydrogen) atoms. The minimum absolute atomic E-state index is 0.123. The van der Waals surface area contributed by atoms with Crippen molar-refractivity contribution in [1.29, 1.82) is 0 Å². The molecule has 0 atom stereocenters. The molecule has 3 aromatic rings. The van der Waals surface area contributed by atoms with E-state index >= 15 is 0 Å². The molecule has 142 valence electrons. The molecule has 0 saturated carbocycles. The molecule has 3 aromatic carbocycles. The smallest absolute Gasteiger partial charge is 0.311 e. The van der Waals surface area contributed by atoms with E-state index in [9.17, 15) is 4.79 Å². The van der Waals surface area contributed by atoms with Crippen LogP contribution in [0.2, 0.25) is 0 Å². The highest BCUT2D eigenvalue weighted by Gasteiger charge is 2.12. The standard InChI is InChI=1S/C25H30O2/c1-2-3-4-5-6-7-8-9-18-24(26)27-25-22-16-12-10-14-20(22)19-21-15-11-13-17-23(21)25/h10-17,19H,2-9,18H2,1H3. The van der Waals surface area contributed by atoms with E-state index in [4.69, 9.17) is 4.74 Å². The van der Waals surface area contributed by atoms with Crippen LogP contribution < -0.4 is 4.74 Å². The number of esters is 1. The Balaban J connectivity index is 1.59. The monoisotopic (exact) mass is 362 g/mol. The van der Waals surface area contributed by atoms with E-state index in [1.54, 1.807) is 0 Å². The number of carbonyl (C=O) groups is 1. The molecule has 0 bridgehead atoms. The first-order chi connectivity index (χ1) is 13.3. The molecule has 3 rings (SSSR count). The highest BCUT2D eigenvalue weighted by atomic mass is 16.5. The lowest BCUT2D eigenvalue weighted by Gasteiger charge is -2.12. The summed E-state index contributed by atoms with van der Waals surface area (Å²) in [6, 6.07) is 18.4. The van der Waals surface area contributed by atoms with E-state index in [2.05, 4.69) is 25.1 Å². The molecule has 0 spiro atoms. The number of hydrogen-bond acceptors (Lipinski definition) is 2. The number of unbranched alkanes of at least 4 members (excludes halogenated alkanes) is 7. The molecule has 0 aliphatic carbocycles. The van der Waals surface area contributed by atoms with Crippen LogP contribution in [0, 0.1) is 0 Å². The molecular formula is C25H30O2. The van der Waals surface area contributed by atoms with Crippen LogP contribution in [0.1, 0.15) is 64.7 Å². The van der Waals surface area contributed by atoms with Gasteiger partial charge in [0.15, 0.2) is 0 Å². The molecule has 0 N–H and O–H groups in total. The third kappa shape index (κ3) is 5.32. The SMILES string of the molecule is CCCCCCCCCCC(=O)Oc1c2ccccc2cc2ccccc12. The first kappa shape index (κ1) is 19.4. The first-order valence-corrected chi connectivity index (χ1v) is 10.4. The van der Waals surface area contributed by atoms with E-state index in [0.717, 1.165) is 34.4 Å². The van der Waals surface area contributed by atoms with Crippen LogP contribution in [0.4, 0.5) is 0 Å². The van der Waals surface area contributed by atoms with Crippen molar-refractivity contribution >= 4 is 27.5 Å². The van der Waals surface area contributed by atoms with Gasteiger partial charge in [0.2, 0.25) is 0 Å². The molecule has 0 heterocycles. The summed E-state index contributed by atoms with van der Waals surface area (Å²) in [6.45, 7) is 2.24. The quantitative estimate of drug-likeness (QED) is 0.162. The summed E-state index contributed by atoms with van der Waals surface area (Å²) < 4.78 is 5.86. The van der Waals surface area contributed by atoms with Crippen molar-refractivity contribution in [2.24, 2.45) is 0 Å². The fourth-order valence-electron chi connectivity index (χ4n) is 3.65. The van der Waals surface area contributed by atoms with Crippen LogP contribution in [-0.2, 0) is 4.79 Å². The second-order valence-corrected chi connectivity index (χ2v) is 7.35. The second kappa shape index (κ2) is 10.1. The van der Waals surface area contributed by atoms with Crippen LogP contribution in [0.25, 0.3) is 21.5 Å². The third-order valence-electron chi connectivity index (χ3n) is 5.17. The normalized spacial score (nSPS) is 11.1. The van der Waals surface area contributed by atoms with E-state index in [1.165, 1.54) is 38.5 Å². The fraction of sp³-hybridized carbons (Fsp3) is 0.400. The summed E-state index contributed by atoms with van der Waals surface area (Å²) in [7, 11) is 0. The van der Waals surface area contributed by atoms with Gasteiger partial charge in [-0.05, 0) is 23.3 Å². The summed E-state index contributed by atoms with van der Waals surface area (Å²) in [5, 5.41) is 4.21. The van der Waals surface area contributed by atoms with Gasteiger partial charge in [-0.2, -0.15) is 0 Å². The molecular weight excluding hydrogens is 332 g/mol. The highest BCUT2D eigenvalue weighted by molar-refractivity contribution is 6.06. The molecule has 0 aliphatic heterocycles. The lowest BCUT2D eigenvalue weighted by molar-refractivity contribution is -0.134. The Morgan fingerprint density at radius 2 is 1.26 bits per heavy atom. The largest absolute Gasteiger partial charge is 0.425 e. The van der Waals surface area contributed by atoms with Gasteiger partial charge in [0.1, 0.15) is 5.75 Å². The predicted octanol–water partition coefficient (Wildman–Crippen LogP) is 7.43. The number of fused-ring (bicyclic) bond motifs is 2. The van der Waals surface area contributed by atoms with Gasteiger partial charge in [0.25, 0.3) is 0 Å².